The van der Waals surface area contributed by atoms with Gasteiger partial charge in [0.25, 0.3) is 0 Å². The van der Waals surface area contributed by atoms with E-state index in [9.17, 15) is 5.11 Å². The van der Waals surface area contributed by atoms with Gasteiger partial charge >= 0.3 is 0 Å². The number of likely N-dealkylation sites (tertiary alicyclic amines) is 1. The smallest absolute Gasteiger partial charge is 0.137 e. The summed E-state index contributed by atoms with van der Waals surface area (Å²) < 4.78 is 5.27. The van der Waals surface area contributed by atoms with Crippen molar-refractivity contribution in [3.8, 4) is 5.75 Å². The van der Waals surface area contributed by atoms with Crippen molar-refractivity contribution in [1.82, 2.24) is 9.88 Å². The summed E-state index contributed by atoms with van der Waals surface area (Å²) in [5, 5.41) is 11.7. The van der Waals surface area contributed by atoms with E-state index in [1.54, 1.807) is 13.3 Å². The van der Waals surface area contributed by atoms with Crippen LogP contribution < -0.4 is 10.5 Å². The van der Waals surface area contributed by atoms with Crippen LogP contribution in [0.25, 0.3) is 10.9 Å². The number of β-amino-alcohol motifs (C(OH)–C–C–N with tert-alkyl or cyclic N) is 1. The number of aliphatic hydroxyl groups is 1. The Kier molecular flexibility index (Phi) is 5.10. The highest BCUT2D eigenvalue weighted by Gasteiger charge is 2.22. The normalized spacial score (nSPS) is 20.6. The third-order valence-electron chi connectivity index (χ3n) is 4.70. The van der Waals surface area contributed by atoms with Gasteiger partial charge in [-0.25, -0.2) is 0 Å². The predicted octanol–water partition coefficient (Wildman–Crippen LogP) is 1.95. The Morgan fingerprint density at radius 1 is 1.48 bits per heavy atom. The Morgan fingerprint density at radius 3 is 3.13 bits per heavy atom. The lowest BCUT2D eigenvalue weighted by molar-refractivity contribution is 0.0866. The van der Waals surface area contributed by atoms with E-state index >= 15 is 0 Å². The number of nitrogens with two attached hydrogens (primary N) is 1. The third-order valence-corrected chi connectivity index (χ3v) is 4.70. The molecule has 1 saturated heterocycles. The molecular weight excluding hydrogens is 290 g/mol. The number of fused-ring (bicyclic) bond motifs is 1. The molecule has 0 bridgehead atoms. The van der Waals surface area contributed by atoms with Crippen molar-refractivity contribution in [2.45, 2.75) is 18.9 Å². The molecule has 0 amide bonds. The molecule has 124 valence electrons. The SMILES string of the molecule is COc1cnc2cccc(C(O)CN3CCCC(CN)C3)c2c1. The van der Waals surface area contributed by atoms with Gasteiger partial charge in [0.05, 0.1) is 24.9 Å². The summed E-state index contributed by atoms with van der Waals surface area (Å²) in [5.74, 6) is 1.25. The van der Waals surface area contributed by atoms with Gasteiger partial charge < -0.3 is 20.5 Å². The maximum absolute atomic E-state index is 10.8. The van der Waals surface area contributed by atoms with Crippen LogP contribution in [-0.4, -0.2) is 48.3 Å². The topological polar surface area (TPSA) is 71.6 Å². The summed E-state index contributed by atoms with van der Waals surface area (Å²) in [6.45, 7) is 3.36. The maximum atomic E-state index is 10.8. The Bertz CT molecular complexity index is 662. The molecule has 1 fully saturated rings. The van der Waals surface area contributed by atoms with Crippen molar-refractivity contribution in [2.24, 2.45) is 11.7 Å². The number of hydrogen-bond acceptors (Lipinski definition) is 5. The van der Waals surface area contributed by atoms with Gasteiger partial charge in [-0.05, 0) is 49.5 Å². The number of aliphatic hydroxyl groups excluding tert-OH is 1. The lowest BCUT2D eigenvalue weighted by Gasteiger charge is -2.33. The van der Waals surface area contributed by atoms with Crippen molar-refractivity contribution in [1.29, 1.82) is 0 Å². The van der Waals surface area contributed by atoms with E-state index in [4.69, 9.17) is 10.5 Å². The minimum absolute atomic E-state index is 0.538. The van der Waals surface area contributed by atoms with Crippen molar-refractivity contribution >= 4 is 10.9 Å². The summed E-state index contributed by atoms with van der Waals surface area (Å²) in [6.07, 6.45) is 3.51. The maximum Gasteiger partial charge on any atom is 0.137 e. The predicted molar refractivity (Wildman–Crippen MR) is 91.5 cm³/mol. The minimum atomic E-state index is -0.538. The van der Waals surface area contributed by atoms with Crippen LogP contribution in [0.4, 0.5) is 0 Å². The van der Waals surface area contributed by atoms with Crippen LogP contribution in [-0.2, 0) is 0 Å². The first kappa shape index (κ1) is 16.2. The highest BCUT2D eigenvalue weighted by molar-refractivity contribution is 5.83. The van der Waals surface area contributed by atoms with E-state index in [2.05, 4.69) is 9.88 Å². The number of methoxy groups -OCH3 is 1. The molecule has 1 aliphatic rings. The Labute approximate surface area is 137 Å². The molecule has 5 nitrogen and oxygen atoms in total. The largest absolute Gasteiger partial charge is 0.495 e. The van der Waals surface area contributed by atoms with Crippen molar-refractivity contribution in [3.05, 3.63) is 36.0 Å². The fourth-order valence-electron chi connectivity index (χ4n) is 3.41. The van der Waals surface area contributed by atoms with Gasteiger partial charge in [0.1, 0.15) is 5.75 Å². The van der Waals surface area contributed by atoms with E-state index in [1.165, 1.54) is 6.42 Å². The molecule has 1 aromatic carbocycles. The summed E-state index contributed by atoms with van der Waals surface area (Å²) in [7, 11) is 1.63. The quantitative estimate of drug-likeness (QED) is 0.882. The molecular formula is C18H25N3O2. The number of rotatable bonds is 5. The van der Waals surface area contributed by atoms with E-state index in [0.717, 1.165) is 42.5 Å². The molecule has 3 N–H and O–H groups in total. The van der Waals surface area contributed by atoms with Gasteiger partial charge in [0.15, 0.2) is 0 Å². The van der Waals surface area contributed by atoms with Crippen molar-refractivity contribution in [3.63, 3.8) is 0 Å². The number of benzene rings is 1. The zero-order valence-electron chi connectivity index (χ0n) is 13.6. The van der Waals surface area contributed by atoms with Gasteiger partial charge in [0, 0.05) is 18.5 Å². The fourth-order valence-corrected chi connectivity index (χ4v) is 3.41. The van der Waals surface area contributed by atoms with Crippen LogP contribution in [0.2, 0.25) is 0 Å². The number of ether oxygens (including phenoxy) is 1. The lowest BCUT2D eigenvalue weighted by Crippen LogP contribution is -2.40. The first-order valence-corrected chi connectivity index (χ1v) is 8.24. The van der Waals surface area contributed by atoms with Crippen LogP contribution >= 0.6 is 0 Å². The van der Waals surface area contributed by atoms with Crippen LogP contribution in [0, 0.1) is 5.92 Å². The van der Waals surface area contributed by atoms with Crippen LogP contribution in [0.15, 0.2) is 30.5 Å². The first-order chi connectivity index (χ1) is 11.2. The minimum Gasteiger partial charge on any atom is -0.495 e. The van der Waals surface area contributed by atoms with Crippen LogP contribution in [0.5, 0.6) is 5.75 Å². The molecule has 0 saturated carbocycles. The van der Waals surface area contributed by atoms with Gasteiger partial charge in [0.2, 0.25) is 0 Å². The molecule has 5 heteroatoms. The number of piperidine rings is 1. The fraction of sp³-hybridized carbons (Fsp3) is 0.500. The Balaban J connectivity index is 1.81. The number of hydrogen-bond donors (Lipinski definition) is 2. The Hall–Kier alpha value is -1.69. The third kappa shape index (κ3) is 3.63. The number of nitrogens with zero attached hydrogens (tertiary/aromatic N) is 2. The van der Waals surface area contributed by atoms with E-state index < -0.39 is 6.10 Å². The zero-order chi connectivity index (χ0) is 16.2. The van der Waals surface area contributed by atoms with Crippen molar-refractivity contribution in [2.75, 3.05) is 33.3 Å². The Morgan fingerprint density at radius 2 is 2.35 bits per heavy atom. The molecule has 2 atom stereocenters. The number of pyridine rings is 1. The standard InChI is InChI=1S/C18H25N3O2/c1-23-14-8-16-15(5-2-6-17(16)20-10-14)18(22)12-21-7-3-4-13(9-19)11-21/h2,5-6,8,10,13,18,22H,3-4,7,9,11-12,19H2,1H3. The summed E-state index contributed by atoms with van der Waals surface area (Å²) >= 11 is 0. The molecule has 2 aromatic rings. The second kappa shape index (κ2) is 7.25. The molecule has 3 rings (SSSR count). The molecule has 23 heavy (non-hydrogen) atoms. The second-order valence-electron chi connectivity index (χ2n) is 6.31. The molecule has 1 aromatic heterocycles. The van der Waals surface area contributed by atoms with Crippen LogP contribution in [0.1, 0.15) is 24.5 Å². The summed E-state index contributed by atoms with van der Waals surface area (Å²) in [6, 6.07) is 7.81. The van der Waals surface area contributed by atoms with Gasteiger partial charge in [-0.2, -0.15) is 0 Å². The molecule has 0 aliphatic carbocycles. The van der Waals surface area contributed by atoms with Crippen molar-refractivity contribution < 1.29 is 9.84 Å². The highest BCUT2D eigenvalue weighted by atomic mass is 16.5. The summed E-state index contributed by atoms with van der Waals surface area (Å²) in [5.41, 5.74) is 7.58. The van der Waals surface area contributed by atoms with Crippen LogP contribution in [0.3, 0.4) is 0 Å². The van der Waals surface area contributed by atoms with E-state index in [-0.39, 0.29) is 0 Å². The average molecular weight is 315 g/mol. The van der Waals surface area contributed by atoms with E-state index in [1.807, 2.05) is 24.3 Å². The highest BCUT2D eigenvalue weighted by Crippen LogP contribution is 2.27. The zero-order valence-corrected chi connectivity index (χ0v) is 13.6. The molecule has 2 heterocycles. The molecule has 0 spiro atoms. The number of aromatic nitrogens is 1. The van der Waals surface area contributed by atoms with Gasteiger partial charge in [-0.1, -0.05) is 12.1 Å². The molecule has 0 radical (unpaired) electrons. The summed E-state index contributed by atoms with van der Waals surface area (Å²) in [4.78, 5) is 6.72. The van der Waals surface area contributed by atoms with Gasteiger partial charge in [-0.3, -0.25) is 4.98 Å². The molecule has 2 unspecified atom stereocenters. The second-order valence-corrected chi connectivity index (χ2v) is 6.31. The average Bonchev–Trinajstić information content (AvgIpc) is 2.60. The molecule has 1 aliphatic heterocycles. The first-order valence-electron chi connectivity index (χ1n) is 8.24. The lowest BCUT2D eigenvalue weighted by atomic mass is 9.97. The van der Waals surface area contributed by atoms with E-state index in [0.29, 0.717) is 18.2 Å². The monoisotopic (exact) mass is 315 g/mol. The van der Waals surface area contributed by atoms with Gasteiger partial charge in [-0.15, -0.1) is 0 Å².